The van der Waals surface area contributed by atoms with E-state index in [0.29, 0.717) is 16.4 Å². The van der Waals surface area contributed by atoms with Gasteiger partial charge in [-0.05, 0) is 43.3 Å². The number of amides is 1. The monoisotopic (exact) mass is 406 g/mol. The summed E-state index contributed by atoms with van der Waals surface area (Å²) in [7, 11) is 0. The Bertz CT molecular complexity index is 961. The highest BCUT2D eigenvalue weighted by molar-refractivity contribution is 7.16. The van der Waals surface area contributed by atoms with E-state index in [0.717, 1.165) is 4.88 Å². The molecule has 6 nitrogen and oxygen atoms in total. The fourth-order valence-electron chi connectivity index (χ4n) is 2.39. The highest BCUT2D eigenvalue weighted by Crippen LogP contribution is 2.31. The number of ether oxygens (including phenoxy) is 2. The minimum absolute atomic E-state index is 0.0538. The molecule has 146 valence electrons. The summed E-state index contributed by atoms with van der Waals surface area (Å²) < 4.78 is 34.1. The minimum atomic E-state index is -2.88. The normalized spacial score (nSPS) is 10.7. The maximum absolute atomic E-state index is 12.2. The molecular weight excluding hydrogens is 390 g/mol. The van der Waals surface area contributed by atoms with Crippen LogP contribution in [0.1, 0.15) is 4.88 Å². The van der Waals surface area contributed by atoms with Crippen molar-refractivity contribution in [1.82, 2.24) is 4.98 Å². The number of rotatable bonds is 7. The number of nitrogens with zero attached hydrogens (tertiary/aromatic N) is 1. The predicted molar refractivity (Wildman–Crippen MR) is 101 cm³/mol. The van der Waals surface area contributed by atoms with Crippen LogP contribution in [-0.2, 0) is 4.79 Å². The van der Waals surface area contributed by atoms with E-state index in [1.807, 2.05) is 6.92 Å². The fourth-order valence-corrected chi connectivity index (χ4v) is 3.24. The largest absolute Gasteiger partial charge is 0.504 e. The lowest BCUT2D eigenvalue weighted by Crippen LogP contribution is -2.20. The second-order valence-electron chi connectivity index (χ2n) is 5.63. The molecule has 0 bridgehead atoms. The molecule has 2 N–H and O–H groups in total. The number of phenols is 1. The molecule has 3 aromatic rings. The lowest BCUT2D eigenvalue weighted by Gasteiger charge is -2.07. The van der Waals surface area contributed by atoms with Crippen LogP contribution < -0.4 is 14.8 Å². The molecule has 2 aromatic carbocycles. The molecule has 1 heterocycles. The molecule has 9 heteroatoms. The number of alkyl halides is 2. The van der Waals surface area contributed by atoms with Crippen LogP contribution in [0.4, 0.5) is 13.9 Å². The van der Waals surface area contributed by atoms with Crippen molar-refractivity contribution in [3.63, 3.8) is 0 Å². The van der Waals surface area contributed by atoms with Gasteiger partial charge < -0.3 is 14.6 Å². The Balaban J connectivity index is 1.63. The molecule has 0 aliphatic heterocycles. The Hall–Kier alpha value is -3.20. The van der Waals surface area contributed by atoms with Gasteiger partial charge in [0, 0.05) is 10.4 Å². The molecule has 0 aliphatic rings. The number of aromatic hydroxyl groups is 1. The van der Waals surface area contributed by atoms with E-state index in [4.69, 9.17) is 4.74 Å². The number of carbonyl (C=O) groups is 1. The lowest BCUT2D eigenvalue weighted by atomic mass is 10.1. The SMILES string of the molecule is Cc1sc(NC(=O)COc2ccccc2O)nc1-c1ccc(OC(F)F)cc1. The zero-order valence-corrected chi connectivity index (χ0v) is 15.5. The summed E-state index contributed by atoms with van der Waals surface area (Å²) in [5.74, 6) is -0.215. The Morgan fingerprint density at radius 1 is 1.21 bits per heavy atom. The van der Waals surface area contributed by atoms with E-state index < -0.39 is 12.5 Å². The van der Waals surface area contributed by atoms with Gasteiger partial charge >= 0.3 is 6.61 Å². The number of benzene rings is 2. The number of anilines is 1. The van der Waals surface area contributed by atoms with Crippen LogP contribution in [0.25, 0.3) is 11.3 Å². The Morgan fingerprint density at radius 3 is 2.61 bits per heavy atom. The second kappa shape index (κ2) is 8.66. The van der Waals surface area contributed by atoms with E-state index in [-0.39, 0.29) is 23.9 Å². The van der Waals surface area contributed by atoms with Gasteiger partial charge in [0.2, 0.25) is 0 Å². The van der Waals surface area contributed by atoms with Gasteiger partial charge in [-0.3, -0.25) is 10.1 Å². The van der Waals surface area contributed by atoms with E-state index >= 15 is 0 Å². The van der Waals surface area contributed by atoms with Crippen LogP contribution in [0.5, 0.6) is 17.2 Å². The van der Waals surface area contributed by atoms with Gasteiger partial charge in [0.25, 0.3) is 5.91 Å². The number of hydrogen-bond donors (Lipinski definition) is 2. The lowest BCUT2D eigenvalue weighted by molar-refractivity contribution is -0.118. The van der Waals surface area contributed by atoms with Gasteiger partial charge in [-0.15, -0.1) is 11.3 Å². The third-order valence-corrected chi connectivity index (χ3v) is 4.51. The molecule has 0 fully saturated rings. The van der Waals surface area contributed by atoms with Gasteiger partial charge in [0.05, 0.1) is 5.69 Å². The van der Waals surface area contributed by atoms with Crippen LogP contribution in [0.15, 0.2) is 48.5 Å². The molecular formula is C19H16F2N2O4S. The minimum Gasteiger partial charge on any atom is -0.504 e. The number of nitrogens with one attached hydrogen (secondary N) is 1. The summed E-state index contributed by atoms with van der Waals surface area (Å²) in [6.07, 6.45) is 0. The van der Waals surface area contributed by atoms with Crippen molar-refractivity contribution in [1.29, 1.82) is 0 Å². The maximum atomic E-state index is 12.2. The average molecular weight is 406 g/mol. The average Bonchev–Trinajstić information content (AvgIpc) is 3.01. The molecule has 1 amide bonds. The van der Waals surface area contributed by atoms with Crippen molar-refractivity contribution in [2.75, 3.05) is 11.9 Å². The number of carbonyl (C=O) groups excluding carboxylic acids is 1. The van der Waals surface area contributed by atoms with Crippen LogP contribution in [-0.4, -0.2) is 29.2 Å². The standard InChI is InChI=1S/C19H16F2N2O4S/c1-11-17(12-6-8-13(9-7-12)27-18(20)21)23-19(28-11)22-16(25)10-26-15-5-3-2-4-14(15)24/h2-9,18,24H,10H2,1H3,(H,22,23,25). The van der Waals surface area contributed by atoms with Crippen LogP contribution >= 0.6 is 11.3 Å². The zero-order chi connectivity index (χ0) is 20.1. The number of halogens is 2. The molecule has 0 radical (unpaired) electrons. The first-order valence-electron chi connectivity index (χ1n) is 8.15. The summed E-state index contributed by atoms with van der Waals surface area (Å²) in [5.41, 5.74) is 1.34. The number of aromatic nitrogens is 1. The molecule has 0 unspecified atom stereocenters. The van der Waals surface area contributed by atoms with Gasteiger partial charge in [-0.2, -0.15) is 8.78 Å². The molecule has 0 aliphatic carbocycles. The van der Waals surface area contributed by atoms with Crippen molar-refractivity contribution in [3.05, 3.63) is 53.4 Å². The summed E-state index contributed by atoms with van der Waals surface area (Å²) in [5, 5.41) is 12.6. The van der Waals surface area contributed by atoms with Crippen molar-refractivity contribution in [2.24, 2.45) is 0 Å². The highest BCUT2D eigenvalue weighted by atomic mass is 32.1. The topological polar surface area (TPSA) is 80.7 Å². The quantitative estimate of drug-likeness (QED) is 0.606. The first-order chi connectivity index (χ1) is 13.4. The zero-order valence-electron chi connectivity index (χ0n) is 14.7. The number of para-hydroxylation sites is 2. The van der Waals surface area contributed by atoms with Crippen LogP contribution in [0.3, 0.4) is 0 Å². The summed E-state index contributed by atoms with van der Waals surface area (Å²) in [6.45, 7) is -1.33. The Labute approximate surface area is 163 Å². The molecule has 0 atom stereocenters. The number of hydrogen-bond acceptors (Lipinski definition) is 6. The van der Waals surface area contributed by atoms with E-state index in [1.165, 1.54) is 29.5 Å². The van der Waals surface area contributed by atoms with Gasteiger partial charge in [0.1, 0.15) is 5.75 Å². The van der Waals surface area contributed by atoms with E-state index in [2.05, 4.69) is 15.0 Å². The van der Waals surface area contributed by atoms with Crippen molar-refractivity contribution < 1.29 is 28.2 Å². The maximum Gasteiger partial charge on any atom is 0.387 e. The first kappa shape index (κ1) is 19.6. The number of thiazole rings is 1. The molecule has 0 saturated heterocycles. The third kappa shape index (κ3) is 4.95. The summed E-state index contributed by atoms with van der Waals surface area (Å²) in [6, 6.07) is 12.4. The predicted octanol–water partition coefficient (Wildman–Crippen LogP) is 4.44. The van der Waals surface area contributed by atoms with Crippen LogP contribution in [0.2, 0.25) is 0 Å². The van der Waals surface area contributed by atoms with E-state index in [9.17, 15) is 18.7 Å². The fraction of sp³-hybridized carbons (Fsp3) is 0.158. The van der Waals surface area contributed by atoms with Gasteiger partial charge in [-0.1, -0.05) is 12.1 Å². The highest BCUT2D eigenvalue weighted by Gasteiger charge is 2.14. The second-order valence-corrected chi connectivity index (χ2v) is 6.83. The molecule has 0 saturated carbocycles. The van der Waals surface area contributed by atoms with E-state index in [1.54, 1.807) is 30.3 Å². The Kier molecular flexibility index (Phi) is 6.05. The summed E-state index contributed by atoms with van der Waals surface area (Å²) >= 11 is 1.28. The number of phenolic OH excluding ortho intramolecular Hbond substituents is 1. The van der Waals surface area contributed by atoms with Crippen molar-refractivity contribution in [3.8, 4) is 28.5 Å². The molecule has 0 spiro atoms. The van der Waals surface area contributed by atoms with Crippen LogP contribution in [0, 0.1) is 6.92 Å². The molecule has 3 rings (SSSR count). The van der Waals surface area contributed by atoms with Crippen molar-refractivity contribution in [2.45, 2.75) is 13.5 Å². The third-order valence-electron chi connectivity index (χ3n) is 3.62. The first-order valence-corrected chi connectivity index (χ1v) is 8.97. The number of aryl methyl sites for hydroxylation is 1. The summed E-state index contributed by atoms with van der Waals surface area (Å²) in [4.78, 5) is 17.3. The smallest absolute Gasteiger partial charge is 0.387 e. The van der Waals surface area contributed by atoms with Gasteiger partial charge in [0.15, 0.2) is 23.2 Å². The Morgan fingerprint density at radius 2 is 1.93 bits per heavy atom. The molecule has 28 heavy (non-hydrogen) atoms. The molecule has 1 aromatic heterocycles. The van der Waals surface area contributed by atoms with Gasteiger partial charge in [-0.25, -0.2) is 4.98 Å². The van der Waals surface area contributed by atoms with Crippen molar-refractivity contribution >= 4 is 22.4 Å².